The maximum atomic E-state index is 12.9. The second-order valence-corrected chi connectivity index (χ2v) is 9.62. The highest BCUT2D eigenvalue weighted by molar-refractivity contribution is 7.99. The number of anilines is 1. The Morgan fingerprint density at radius 1 is 1.21 bits per heavy atom. The number of sulfonamides is 1. The van der Waals surface area contributed by atoms with Crippen LogP contribution < -0.4 is 10.0 Å². The van der Waals surface area contributed by atoms with Gasteiger partial charge in [0, 0.05) is 30.9 Å². The summed E-state index contributed by atoms with van der Waals surface area (Å²) in [6.45, 7) is 0.941. The van der Waals surface area contributed by atoms with E-state index in [2.05, 4.69) is 5.32 Å². The Bertz CT molecular complexity index is 963. The van der Waals surface area contributed by atoms with Gasteiger partial charge in [-0.2, -0.15) is 9.04 Å². The molecule has 0 aliphatic carbocycles. The van der Waals surface area contributed by atoms with Crippen molar-refractivity contribution in [3.63, 3.8) is 0 Å². The molecule has 0 unspecified atom stereocenters. The zero-order valence-corrected chi connectivity index (χ0v) is 17.4. The molecule has 150 valence electrons. The smallest absolute Gasteiger partial charge is 0.251 e. The molecule has 1 N–H and O–H groups in total. The molecule has 1 aliphatic heterocycles. The quantitative estimate of drug-likeness (QED) is 0.422. The predicted octanol–water partition coefficient (Wildman–Crippen LogP) is 2.88. The Labute approximate surface area is 173 Å². The summed E-state index contributed by atoms with van der Waals surface area (Å²) in [5.41, 5.74) is 0.341. The molecule has 1 amide bonds. The molecule has 1 aromatic carbocycles. The van der Waals surface area contributed by atoms with E-state index < -0.39 is 10.0 Å². The Morgan fingerprint density at radius 2 is 1.96 bits per heavy atom. The summed E-state index contributed by atoms with van der Waals surface area (Å²) >= 11 is 7.23. The fourth-order valence-corrected chi connectivity index (χ4v) is 5.62. The molecule has 0 saturated carbocycles. The van der Waals surface area contributed by atoms with E-state index in [-0.39, 0.29) is 21.6 Å². The lowest BCUT2D eigenvalue weighted by atomic mass is 10.2. The summed E-state index contributed by atoms with van der Waals surface area (Å²) in [4.78, 5) is 12.2. The van der Waals surface area contributed by atoms with Gasteiger partial charge in [-0.1, -0.05) is 18.0 Å². The molecule has 1 saturated heterocycles. The fourth-order valence-electron chi connectivity index (χ4n) is 2.88. The number of rotatable bonds is 6. The van der Waals surface area contributed by atoms with Crippen molar-refractivity contribution in [1.82, 2.24) is 4.31 Å². The first kappa shape index (κ1) is 20.9. The highest BCUT2D eigenvalue weighted by Gasteiger charge is 2.28. The number of carbonyl (C=O) groups is 1. The number of aromatic nitrogens is 1. The molecule has 1 aromatic heterocycles. The number of hydrogen-bond acceptors (Lipinski definition) is 5. The van der Waals surface area contributed by atoms with Crippen molar-refractivity contribution in [2.45, 2.75) is 29.2 Å². The number of carbonyl (C=O) groups excluding carboxylic acids is 1. The molecular weight excluding hydrogens is 422 g/mol. The number of nitrogens with one attached hydrogen (secondary N) is 1. The van der Waals surface area contributed by atoms with E-state index in [1.807, 2.05) is 0 Å². The van der Waals surface area contributed by atoms with Crippen LogP contribution >= 0.6 is 23.4 Å². The van der Waals surface area contributed by atoms with Gasteiger partial charge in [-0.25, -0.2) is 8.42 Å². The number of hydrogen-bond donors (Lipinski definition) is 1. The highest BCUT2D eigenvalue weighted by atomic mass is 35.5. The molecule has 0 atom stereocenters. The van der Waals surface area contributed by atoms with Crippen molar-refractivity contribution in [2.75, 3.05) is 24.2 Å². The number of pyridine rings is 1. The second-order valence-electron chi connectivity index (χ2n) is 6.31. The Balaban J connectivity index is 1.70. The summed E-state index contributed by atoms with van der Waals surface area (Å²) in [7, 11) is -3.71. The van der Waals surface area contributed by atoms with E-state index >= 15 is 0 Å². The normalized spacial score (nSPS) is 15.3. The number of benzene rings is 1. The largest absolute Gasteiger partial charge is 0.618 e. The first-order valence-corrected chi connectivity index (χ1v) is 11.6. The fraction of sp³-hybridized carbons (Fsp3) is 0.333. The molecule has 7 nitrogen and oxygen atoms in total. The lowest BCUT2D eigenvalue weighted by Gasteiger charge is -2.26. The number of thioether (sulfide) groups is 1. The molecule has 2 aromatic rings. The van der Waals surface area contributed by atoms with Crippen LogP contribution in [0.2, 0.25) is 5.02 Å². The molecular formula is C18H20ClN3O4S2. The number of amides is 1. The van der Waals surface area contributed by atoms with Crippen molar-refractivity contribution in [3.05, 3.63) is 52.8 Å². The molecule has 1 aliphatic rings. The second kappa shape index (κ2) is 9.13. The first-order chi connectivity index (χ1) is 13.4. The first-order valence-electron chi connectivity index (χ1n) is 8.78. The van der Waals surface area contributed by atoms with Crippen LogP contribution in [0.15, 0.2) is 52.5 Å². The van der Waals surface area contributed by atoms with Crippen molar-refractivity contribution in [2.24, 2.45) is 0 Å². The summed E-state index contributed by atoms with van der Waals surface area (Å²) < 4.78 is 27.9. The molecule has 10 heteroatoms. The Hall–Kier alpha value is -1.81. The summed E-state index contributed by atoms with van der Waals surface area (Å²) in [5, 5.41) is 14.8. The van der Waals surface area contributed by atoms with Gasteiger partial charge in [-0.15, -0.1) is 0 Å². The van der Waals surface area contributed by atoms with Crippen molar-refractivity contribution in [3.8, 4) is 0 Å². The Morgan fingerprint density at radius 3 is 2.68 bits per heavy atom. The van der Waals surface area contributed by atoms with Gasteiger partial charge in [0.25, 0.3) is 5.03 Å². The zero-order valence-electron chi connectivity index (χ0n) is 15.0. The van der Waals surface area contributed by atoms with E-state index in [9.17, 15) is 18.4 Å². The van der Waals surface area contributed by atoms with E-state index in [0.29, 0.717) is 28.5 Å². The van der Waals surface area contributed by atoms with Crippen LogP contribution in [0.4, 0.5) is 5.69 Å². The minimum Gasteiger partial charge on any atom is -0.618 e. The third-order valence-corrected chi connectivity index (χ3v) is 7.69. The topological polar surface area (TPSA) is 93.4 Å². The molecule has 0 spiro atoms. The van der Waals surface area contributed by atoms with E-state index in [1.165, 1.54) is 22.6 Å². The van der Waals surface area contributed by atoms with Gasteiger partial charge in [0.1, 0.15) is 4.90 Å². The van der Waals surface area contributed by atoms with E-state index in [1.54, 1.807) is 24.3 Å². The standard InChI is InChI=1S/C18H20ClN3O4S2/c19-15-8-7-14(12-16(15)28(25,26)21-9-3-1-4-10-21)20-17(23)13-27-18-6-2-5-11-22(18)24/h2,5-8,11-12H,1,3-4,9-10,13H2,(H,20,23). The van der Waals surface area contributed by atoms with E-state index in [4.69, 9.17) is 11.6 Å². The van der Waals surface area contributed by atoms with Gasteiger partial charge in [-0.05, 0) is 48.9 Å². The average Bonchev–Trinajstić information content (AvgIpc) is 2.69. The van der Waals surface area contributed by atoms with Crippen LogP contribution in [0.25, 0.3) is 0 Å². The molecule has 1 fully saturated rings. The SMILES string of the molecule is O=C(CSc1cccc[n+]1[O-])Nc1ccc(Cl)c(S(=O)(=O)N2CCCCC2)c1. The number of nitrogens with zero attached hydrogens (tertiary/aromatic N) is 2. The van der Waals surface area contributed by atoms with Gasteiger partial charge in [0.05, 0.1) is 10.8 Å². The number of halogens is 1. The molecule has 0 radical (unpaired) electrons. The van der Waals surface area contributed by atoms with Crippen LogP contribution in [-0.2, 0) is 14.8 Å². The van der Waals surface area contributed by atoms with Gasteiger partial charge in [0.15, 0.2) is 6.20 Å². The van der Waals surface area contributed by atoms with Crippen LogP contribution in [-0.4, -0.2) is 37.5 Å². The molecule has 28 heavy (non-hydrogen) atoms. The minimum absolute atomic E-state index is 0.0121. The molecule has 3 rings (SSSR count). The van der Waals surface area contributed by atoms with Gasteiger partial charge < -0.3 is 10.5 Å². The Kier molecular flexibility index (Phi) is 6.82. The van der Waals surface area contributed by atoms with Gasteiger partial charge in [0.2, 0.25) is 15.9 Å². The van der Waals surface area contributed by atoms with Gasteiger partial charge in [-0.3, -0.25) is 4.79 Å². The predicted molar refractivity (Wildman–Crippen MR) is 109 cm³/mol. The lowest BCUT2D eigenvalue weighted by Crippen LogP contribution is -2.35. The third kappa shape index (κ3) is 4.96. The third-order valence-electron chi connectivity index (χ3n) is 4.29. The molecule has 0 bridgehead atoms. The lowest BCUT2D eigenvalue weighted by molar-refractivity contribution is -0.645. The van der Waals surface area contributed by atoms with Crippen LogP contribution in [0.5, 0.6) is 0 Å². The van der Waals surface area contributed by atoms with Gasteiger partial charge >= 0.3 is 0 Å². The van der Waals surface area contributed by atoms with Crippen LogP contribution in [0.1, 0.15) is 19.3 Å². The summed E-state index contributed by atoms with van der Waals surface area (Å²) in [6.07, 6.45) is 4.02. The van der Waals surface area contributed by atoms with E-state index in [0.717, 1.165) is 31.0 Å². The maximum absolute atomic E-state index is 12.9. The highest BCUT2D eigenvalue weighted by Crippen LogP contribution is 2.29. The monoisotopic (exact) mass is 441 g/mol. The summed E-state index contributed by atoms with van der Waals surface area (Å²) in [6, 6.07) is 9.34. The van der Waals surface area contributed by atoms with Crippen molar-refractivity contribution < 1.29 is 17.9 Å². The van der Waals surface area contributed by atoms with Crippen LogP contribution in [0, 0.1) is 5.21 Å². The maximum Gasteiger partial charge on any atom is 0.251 e. The van der Waals surface area contributed by atoms with Crippen molar-refractivity contribution >= 4 is 45.0 Å². The average molecular weight is 442 g/mol. The van der Waals surface area contributed by atoms with Crippen LogP contribution in [0.3, 0.4) is 0 Å². The minimum atomic E-state index is -3.71. The van der Waals surface area contributed by atoms with Crippen molar-refractivity contribution in [1.29, 1.82) is 0 Å². The zero-order chi connectivity index (χ0) is 20.1. The summed E-state index contributed by atoms with van der Waals surface area (Å²) in [5.74, 6) is -0.333. The number of piperidine rings is 1. The molecule has 2 heterocycles.